The van der Waals surface area contributed by atoms with Crippen LogP contribution in [0.4, 0.5) is 5.69 Å². The molecular formula is C16H25ClN2O2. The number of halogens is 1. The Hall–Kier alpha value is -0.810. The Kier molecular flexibility index (Phi) is 5.15. The molecule has 0 saturated carbocycles. The Morgan fingerprint density at radius 2 is 1.86 bits per heavy atom. The van der Waals surface area contributed by atoms with E-state index < -0.39 is 11.7 Å². The summed E-state index contributed by atoms with van der Waals surface area (Å²) in [6.07, 6.45) is -0.546. The first-order valence-corrected chi connectivity index (χ1v) is 7.81. The highest BCUT2D eigenvalue weighted by Crippen LogP contribution is 2.28. The molecule has 0 amide bonds. The van der Waals surface area contributed by atoms with Crippen LogP contribution < -0.4 is 4.90 Å². The number of β-amino-alcohol motifs (C(OH)–C–C–N with tert-alkyl or cyclic N) is 1. The first-order valence-electron chi connectivity index (χ1n) is 7.43. The van der Waals surface area contributed by atoms with Crippen molar-refractivity contribution in [1.82, 2.24) is 4.90 Å². The molecule has 1 heterocycles. The number of rotatable bonds is 4. The molecule has 0 radical (unpaired) electrons. The van der Waals surface area contributed by atoms with E-state index in [0.717, 1.165) is 37.4 Å². The van der Waals surface area contributed by atoms with Crippen molar-refractivity contribution in [2.45, 2.75) is 32.5 Å². The fourth-order valence-electron chi connectivity index (χ4n) is 2.76. The third kappa shape index (κ3) is 4.58. The largest absolute Gasteiger partial charge is 0.389 e. The van der Waals surface area contributed by atoms with Gasteiger partial charge in [0.25, 0.3) is 0 Å². The van der Waals surface area contributed by atoms with Crippen LogP contribution in [0.3, 0.4) is 0 Å². The number of aliphatic hydroxyl groups excluding tert-OH is 1. The maximum absolute atomic E-state index is 9.88. The quantitative estimate of drug-likeness (QED) is 0.895. The fourth-order valence-corrected chi connectivity index (χ4v) is 3.10. The van der Waals surface area contributed by atoms with Crippen molar-refractivity contribution in [1.29, 1.82) is 0 Å². The molecule has 2 rings (SSSR count). The van der Waals surface area contributed by atoms with Crippen molar-refractivity contribution in [3.63, 3.8) is 0 Å². The minimum Gasteiger partial charge on any atom is -0.389 e. The molecule has 0 bridgehead atoms. The smallest absolute Gasteiger partial charge is 0.0776 e. The monoisotopic (exact) mass is 312 g/mol. The number of anilines is 1. The number of nitrogens with zero attached hydrogens (tertiary/aromatic N) is 2. The third-order valence-corrected chi connectivity index (χ3v) is 4.11. The molecule has 1 atom stereocenters. The molecule has 1 aromatic rings. The van der Waals surface area contributed by atoms with Gasteiger partial charge in [-0.1, -0.05) is 17.7 Å². The average molecular weight is 313 g/mol. The van der Waals surface area contributed by atoms with Gasteiger partial charge in [0.15, 0.2) is 0 Å². The van der Waals surface area contributed by atoms with Crippen LogP contribution >= 0.6 is 11.6 Å². The second kappa shape index (κ2) is 6.53. The van der Waals surface area contributed by atoms with Gasteiger partial charge in [-0.2, -0.15) is 0 Å². The second-order valence-corrected chi connectivity index (χ2v) is 6.86. The van der Waals surface area contributed by atoms with Gasteiger partial charge in [0.1, 0.15) is 0 Å². The van der Waals surface area contributed by atoms with E-state index in [1.54, 1.807) is 6.92 Å². The molecule has 0 aromatic heterocycles. The molecule has 5 heteroatoms. The van der Waals surface area contributed by atoms with Gasteiger partial charge in [0, 0.05) is 43.4 Å². The number of aliphatic hydroxyl groups is 2. The Labute approximate surface area is 131 Å². The fraction of sp³-hybridized carbons (Fsp3) is 0.625. The summed E-state index contributed by atoms with van der Waals surface area (Å²) in [6.45, 7) is 9.79. The summed E-state index contributed by atoms with van der Waals surface area (Å²) < 4.78 is 0. The lowest BCUT2D eigenvalue weighted by Crippen LogP contribution is -2.50. The molecule has 0 spiro atoms. The molecule has 1 saturated heterocycles. The van der Waals surface area contributed by atoms with Crippen LogP contribution in [0.15, 0.2) is 18.2 Å². The first kappa shape index (κ1) is 16.6. The summed E-state index contributed by atoms with van der Waals surface area (Å²) >= 11 is 6.23. The average Bonchev–Trinajstić information content (AvgIpc) is 2.37. The maximum Gasteiger partial charge on any atom is 0.0776 e. The highest BCUT2D eigenvalue weighted by molar-refractivity contribution is 6.31. The molecule has 21 heavy (non-hydrogen) atoms. The zero-order valence-electron chi connectivity index (χ0n) is 13.0. The van der Waals surface area contributed by atoms with Gasteiger partial charge >= 0.3 is 0 Å². The molecule has 2 N–H and O–H groups in total. The van der Waals surface area contributed by atoms with Crippen LogP contribution in [0.1, 0.15) is 32.4 Å². The number of piperazine rings is 1. The van der Waals surface area contributed by atoms with Gasteiger partial charge in [-0.05, 0) is 38.5 Å². The van der Waals surface area contributed by atoms with Gasteiger partial charge in [0.05, 0.1) is 11.7 Å². The van der Waals surface area contributed by atoms with E-state index in [-0.39, 0.29) is 0 Å². The lowest BCUT2D eigenvalue weighted by Gasteiger charge is -2.38. The van der Waals surface area contributed by atoms with Crippen molar-refractivity contribution >= 4 is 17.3 Å². The van der Waals surface area contributed by atoms with Crippen molar-refractivity contribution < 1.29 is 10.2 Å². The summed E-state index contributed by atoms with van der Waals surface area (Å²) in [4.78, 5) is 4.57. The number of hydrogen-bond donors (Lipinski definition) is 2. The summed E-state index contributed by atoms with van der Waals surface area (Å²) in [5.41, 5.74) is 1.21. The predicted molar refractivity (Wildman–Crippen MR) is 87.0 cm³/mol. The highest BCUT2D eigenvalue weighted by atomic mass is 35.5. The molecule has 0 aliphatic carbocycles. The van der Waals surface area contributed by atoms with Gasteiger partial charge in [-0.15, -0.1) is 0 Å². The Bertz CT molecular complexity index is 478. The van der Waals surface area contributed by atoms with Crippen molar-refractivity contribution in [2.24, 2.45) is 0 Å². The van der Waals surface area contributed by atoms with Gasteiger partial charge in [-0.3, -0.25) is 4.90 Å². The first-order chi connectivity index (χ1) is 9.76. The lowest BCUT2D eigenvalue weighted by atomic mass is 10.1. The van der Waals surface area contributed by atoms with E-state index in [1.165, 1.54) is 0 Å². The van der Waals surface area contributed by atoms with Crippen LogP contribution in [0, 0.1) is 0 Å². The summed E-state index contributed by atoms with van der Waals surface area (Å²) in [7, 11) is 0. The number of hydrogen-bond acceptors (Lipinski definition) is 4. The molecule has 1 aliphatic heterocycles. The van der Waals surface area contributed by atoms with Gasteiger partial charge < -0.3 is 15.1 Å². The minimum atomic E-state index is -0.648. The predicted octanol–water partition coefficient (Wildman–Crippen LogP) is 2.29. The summed E-state index contributed by atoms with van der Waals surface area (Å²) in [5.74, 6) is 0. The molecule has 1 aliphatic rings. The van der Waals surface area contributed by atoms with Gasteiger partial charge in [-0.25, -0.2) is 0 Å². The second-order valence-electron chi connectivity index (χ2n) is 6.46. The van der Waals surface area contributed by atoms with Crippen LogP contribution in [0.5, 0.6) is 0 Å². The van der Waals surface area contributed by atoms with Crippen LogP contribution in [-0.4, -0.2) is 53.4 Å². The Morgan fingerprint density at radius 1 is 1.24 bits per heavy atom. The van der Waals surface area contributed by atoms with Crippen molar-refractivity contribution in [2.75, 3.05) is 37.6 Å². The topological polar surface area (TPSA) is 46.9 Å². The zero-order chi connectivity index (χ0) is 15.6. The van der Waals surface area contributed by atoms with Gasteiger partial charge in [0.2, 0.25) is 0 Å². The van der Waals surface area contributed by atoms with E-state index in [0.29, 0.717) is 11.6 Å². The lowest BCUT2D eigenvalue weighted by molar-refractivity contribution is 0.0345. The summed E-state index contributed by atoms with van der Waals surface area (Å²) in [5, 5.41) is 20.1. The van der Waals surface area contributed by atoms with Crippen LogP contribution in [-0.2, 0) is 0 Å². The van der Waals surface area contributed by atoms with Crippen LogP contribution in [0.2, 0.25) is 5.02 Å². The summed E-state index contributed by atoms with van der Waals surface area (Å²) in [6, 6.07) is 5.83. The maximum atomic E-state index is 9.88. The third-order valence-electron chi connectivity index (χ3n) is 3.78. The van der Waals surface area contributed by atoms with E-state index in [1.807, 2.05) is 32.0 Å². The standard InChI is InChI=1S/C16H25ClN2O2/c1-12(20)14-5-4-13(10-15(14)17)19-8-6-18(7-9-19)11-16(2,3)21/h4-5,10,12,20-21H,6-9,11H2,1-3H3. The molecule has 1 unspecified atom stereocenters. The molecule has 1 fully saturated rings. The van der Waals surface area contributed by atoms with E-state index in [4.69, 9.17) is 11.6 Å². The Balaban J connectivity index is 1.98. The molecule has 1 aromatic carbocycles. The van der Waals surface area contributed by atoms with E-state index in [2.05, 4.69) is 9.80 Å². The molecule has 4 nitrogen and oxygen atoms in total. The van der Waals surface area contributed by atoms with Crippen molar-refractivity contribution in [3.05, 3.63) is 28.8 Å². The zero-order valence-corrected chi connectivity index (χ0v) is 13.8. The minimum absolute atomic E-state index is 0.546. The van der Waals surface area contributed by atoms with Crippen molar-refractivity contribution in [3.8, 4) is 0 Å². The normalized spacial score (nSPS) is 18.9. The Morgan fingerprint density at radius 3 is 2.33 bits per heavy atom. The number of benzene rings is 1. The molecule has 118 valence electrons. The van der Waals surface area contributed by atoms with E-state index in [9.17, 15) is 10.2 Å². The van der Waals surface area contributed by atoms with Crippen LogP contribution in [0.25, 0.3) is 0 Å². The SMILES string of the molecule is CC(O)c1ccc(N2CCN(CC(C)(C)O)CC2)cc1Cl. The van der Waals surface area contributed by atoms with E-state index >= 15 is 0 Å². The highest BCUT2D eigenvalue weighted by Gasteiger charge is 2.23. The molecular weight excluding hydrogens is 288 g/mol.